The van der Waals surface area contributed by atoms with Crippen LogP contribution in [-0.4, -0.2) is 44.7 Å². The third-order valence-electron chi connectivity index (χ3n) is 2.64. The number of likely N-dealkylation sites (N-methyl/N-ethyl adjacent to an activating group) is 1. The molecule has 0 aromatic heterocycles. The number of carbonyl (C=O) groups excluding carboxylic acids is 1. The van der Waals surface area contributed by atoms with Gasteiger partial charge in [0.15, 0.2) is 0 Å². The van der Waals surface area contributed by atoms with Crippen LogP contribution < -0.4 is 4.74 Å². The van der Waals surface area contributed by atoms with Gasteiger partial charge in [0.05, 0.1) is 19.3 Å². The van der Waals surface area contributed by atoms with E-state index in [-0.39, 0.29) is 11.5 Å². The summed E-state index contributed by atoms with van der Waals surface area (Å²) in [6.07, 6.45) is 0. The Labute approximate surface area is 106 Å². The zero-order valence-electron chi connectivity index (χ0n) is 10.9. The summed E-state index contributed by atoms with van der Waals surface area (Å²) >= 11 is 0. The van der Waals surface area contributed by atoms with Crippen LogP contribution in [-0.2, 0) is 4.74 Å². The maximum Gasteiger partial charge on any atom is 0.256 e. The molecule has 1 amide bonds. The fourth-order valence-electron chi connectivity index (χ4n) is 1.57. The molecule has 100 valence electrons. The Morgan fingerprint density at radius 1 is 1.39 bits per heavy atom. The summed E-state index contributed by atoms with van der Waals surface area (Å²) in [4.78, 5) is 13.6. The van der Waals surface area contributed by atoms with E-state index >= 15 is 0 Å². The van der Waals surface area contributed by atoms with Crippen molar-refractivity contribution in [1.29, 1.82) is 0 Å². The van der Waals surface area contributed by atoms with Crippen molar-refractivity contribution in [1.82, 2.24) is 4.90 Å². The summed E-state index contributed by atoms with van der Waals surface area (Å²) in [5, 5.41) is 0. The van der Waals surface area contributed by atoms with Crippen LogP contribution in [0, 0.1) is 5.82 Å². The fraction of sp³-hybridized carbons (Fsp3) is 0.462. The second-order valence-corrected chi connectivity index (χ2v) is 3.72. The molecule has 0 radical (unpaired) electrons. The molecule has 0 saturated heterocycles. The predicted octanol–water partition coefficient (Wildman–Crippen LogP) is 1.94. The van der Waals surface area contributed by atoms with E-state index in [0.717, 1.165) is 0 Å². The van der Waals surface area contributed by atoms with E-state index in [9.17, 15) is 9.18 Å². The molecule has 18 heavy (non-hydrogen) atoms. The highest BCUT2D eigenvalue weighted by atomic mass is 19.1. The zero-order valence-corrected chi connectivity index (χ0v) is 10.9. The van der Waals surface area contributed by atoms with Gasteiger partial charge in [0, 0.05) is 26.3 Å². The molecule has 0 N–H and O–H groups in total. The van der Waals surface area contributed by atoms with Gasteiger partial charge in [-0.3, -0.25) is 4.79 Å². The largest absolute Gasteiger partial charge is 0.497 e. The monoisotopic (exact) mass is 255 g/mol. The van der Waals surface area contributed by atoms with Crippen LogP contribution >= 0.6 is 0 Å². The summed E-state index contributed by atoms with van der Waals surface area (Å²) in [7, 11) is 3.01. The quantitative estimate of drug-likeness (QED) is 0.779. The molecule has 0 atom stereocenters. The number of methoxy groups -OCH3 is 2. The molecule has 1 aromatic carbocycles. The lowest BCUT2D eigenvalue weighted by Gasteiger charge is -2.20. The van der Waals surface area contributed by atoms with Crippen molar-refractivity contribution in [3.8, 4) is 5.75 Å². The van der Waals surface area contributed by atoms with Gasteiger partial charge in [0.25, 0.3) is 5.91 Å². The molecule has 0 aliphatic carbocycles. The number of hydrogen-bond acceptors (Lipinski definition) is 3. The zero-order chi connectivity index (χ0) is 13.5. The molecule has 0 aliphatic heterocycles. The van der Waals surface area contributed by atoms with E-state index in [1.165, 1.54) is 24.1 Å². The molecular weight excluding hydrogens is 237 g/mol. The number of halogens is 1. The van der Waals surface area contributed by atoms with Crippen LogP contribution in [0.4, 0.5) is 4.39 Å². The molecule has 0 heterocycles. The van der Waals surface area contributed by atoms with Crippen molar-refractivity contribution in [3.05, 3.63) is 29.6 Å². The van der Waals surface area contributed by atoms with Gasteiger partial charge in [-0.15, -0.1) is 0 Å². The topological polar surface area (TPSA) is 38.8 Å². The molecule has 0 saturated carbocycles. The van der Waals surface area contributed by atoms with Crippen molar-refractivity contribution in [2.75, 3.05) is 33.9 Å². The van der Waals surface area contributed by atoms with Gasteiger partial charge in [-0.2, -0.15) is 0 Å². The molecule has 0 unspecified atom stereocenters. The van der Waals surface area contributed by atoms with Crippen molar-refractivity contribution < 1.29 is 18.7 Å². The van der Waals surface area contributed by atoms with Crippen LogP contribution in [0.2, 0.25) is 0 Å². The minimum atomic E-state index is -0.574. The van der Waals surface area contributed by atoms with Crippen molar-refractivity contribution in [2.45, 2.75) is 6.92 Å². The molecule has 5 heteroatoms. The molecule has 1 rings (SSSR count). The Kier molecular flexibility index (Phi) is 5.58. The van der Waals surface area contributed by atoms with Gasteiger partial charge in [-0.1, -0.05) is 0 Å². The summed E-state index contributed by atoms with van der Waals surface area (Å²) in [5.41, 5.74) is 0.0498. The second kappa shape index (κ2) is 6.96. The number of benzene rings is 1. The maximum absolute atomic E-state index is 13.7. The number of amides is 1. The summed E-state index contributed by atoms with van der Waals surface area (Å²) in [5.74, 6) is -0.520. The Bertz CT molecular complexity index is 409. The predicted molar refractivity (Wildman–Crippen MR) is 66.4 cm³/mol. The van der Waals surface area contributed by atoms with Crippen LogP contribution in [0.3, 0.4) is 0 Å². The van der Waals surface area contributed by atoms with Crippen LogP contribution in [0.15, 0.2) is 18.2 Å². The Hall–Kier alpha value is -1.62. The highest BCUT2D eigenvalue weighted by molar-refractivity contribution is 5.94. The summed E-state index contributed by atoms with van der Waals surface area (Å²) < 4.78 is 23.6. The van der Waals surface area contributed by atoms with Crippen LogP contribution in [0.1, 0.15) is 17.3 Å². The number of rotatable bonds is 6. The minimum absolute atomic E-state index is 0.0498. The van der Waals surface area contributed by atoms with Crippen LogP contribution in [0.25, 0.3) is 0 Å². The normalized spacial score (nSPS) is 10.2. The standard InChI is InChI=1S/C13H18FNO3/c1-4-15(7-8-17-2)13(16)11-6-5-10(18-3)9-12(11)14/h5-6,9H,4,7-8H2,1-3H3. The Morgan fingerprint density at radius 2 is 2.11 bits per heavy atom. The first-order chi connectivity index (χ1) is 8.63. The third kappa shape index (κ3) is 3.43. The van der Waals surface area contributed by atoms with Gasteiger partial charge in [0.2, 0.25) is 0 Å². The number of hydrogen-bond donors (Lipinski definition) is 0. The van der Waals surface area contributed by atoms with E-state index in [4.69, 9.17) is 9.47 Å². The smallest absolute Gasteiger partial charge is 0.256 e. The average molecular weight is 255 g/mol. The number of ether oxygens (including phenoxy) is 2. The Balaban J connectivity index is 2.87. The molecule has 0 fully saturated rings. The highest BCUT2D eigenvalue weighted by Gasteiger charge is 2.18. The molecular formula is C13H18FNO3. The van der Waals surface area contributed by atoms with Crippen molar-refractivity contribution >= 4 is 5.91 Å². The highest BCUT2D eigenvalue weighted by Crippen LogP contribution is 2.17. The third-order valence-corrected chi connectivity index (χ3v) is 2.64. The van der Waals surface area contributed by atoms with E-state index in [0.29, 0.717) is 25.4 Å². The van der Waals surface area contributed by atoms with Gasteiger partial charge >= 0.3 is 0 Å². The first-order valence-electron chi connectivity index (χ1n) is 5.75. The average Bonchev–Trinajstić information content (AvgIpc) is 2.39. The SMILES string of the molecule is CCN(CCOC)C(=O)c1ccc(OC)cc1F. The van der Waals surface area contributed by atoms with Crippen molar-refractivity contribution in [3.63, 3.8) is 0 Å². The summed E-state index contributed by atoms with van der Waals surface area (Å²) in [6, 6.07) is 4.21. The molecule has 0 aliphatic rings. The van der Waals surface area contributed by atoms with Gasteiger partial charge in [-0.25, -0.2) is 4.39 Å². The summed E-state index contributed by atoms with van der Waals surface area (Å²) in [6.45, 7) is 3.22. The van der Waals surface area contributed by atoms with E-state index in [1.54, 1.807) is 13.2 Å². The first-order valence-corrected chi connectivity index (χ1v) is 5.75. The van der Waals surface area contributed by atoms with Crippen LogP contribution in [0.5, 0.6) is 5.75 Å². The lowest BCUT2D eigenvalue weighted by atomic mass is 10.1. The van der Waals surface area contributed by atoms with E-state index < -0.39 is 5.82 Å². The number of carbonyl (C=O) groups is 1. The van der Waals surface area contributed by atoms with Gasteiger partial charge in [0.1, 0.15) is 11.6 Å². The Morgan fingerprint density at radius 3 is 2.61 bits per heavy atom. The van der Waals surface area contributed by atoms with Crippen molar-refractivity contribution in [2.24, 2.45) is 0 Å². The molecule has 4 nitrogen and oxygen atoms in total. The van der Waals surface area contributed by atoms with Gasteiger partial charge in [-0.05, 0) is 19.1 Å². The second-order valence-electron chi connectivity index (χ2n) is 3.72. The molecule has 0 bridgehead atoms. The van der Waals surface area contributed by atoms with E-state index in [1.807, 2.05) is 6.92 Å². The first kappa shape index (κ1) is 14.4. The van der Waals surface area contributed by atoms with E-state index in [2.05, 4.69) is 0 Å². The molecule has 0 spiro atoms. The fourth-order valence-corrected chi connectivity index (χ4v) is 1.57. The lowest BCUT2D eigenvalue weighted by Crippen LogP contribution is -2.34. The number of nitrogens with zero attached hydrogens (tertiary/aromatic N) is 1. The lowest BCUT2D eigenvalue weighted by molar-refractivity contribution is 0.0702. The maximum atomic E-state index is 13.7. The molecule has 1 aromatic rings. The minimum Gasteiger partial charge on any atom is -0.497 e. The van der Waals surface area contributed by atoms with Gasteiger partial charge < -0.3 is 14.4 Å².